The van der Waals surface area contributed by atoms with E-state index in [1.54, 1.807) is 30.3 Å². The van der Waals surface area contributed by atoms with Gasteiger partial charge in [-0.2, -0.15) is 0 Å². The molecule has 0 aromatic heterocycles. The molecule has 1 amide bonds. The number of benzene rings is 1. The Bertz CT molecular complexity index is 492. The van der Waals surface area contributed by atoms with Gasteiger partial charge in [0.05, 0.1) is 21.5 Å². The number of thioether (sulfide) groups is 1. The first kappa shape index (κ1) is 12.5. The van der Waals surface area contributed by atoms with E-state index in [-0.39, 0.29) is 5.91 Å². The van der Waals surface area contributed by atoms with Crippen LogP contribution >= 0.6 is 35.0 Å². The summed E-state index contributed by atoms with van der Waals surface area (Å²) in [5.41, 5.74) is 3.36. The van der Waals surface area contributed by atoms with E-state index in [0.717, 1.165) is 0 Å². The highest BCUT2D eigenvalue weighted by Crippen LogP contribution is 2.27. The van der Waals surface area contributed by atoms with E-state index in [2.05, 4.69) is 10.4 Å². The zero-order valence-corrected chi connectivity index (χ0v) is 11.2. The molecule has 17 heavy (non-hydrogen) atoms. The molecular weight excluding hydrogens is 281 g/mol. The zero-order valence-electron chi connectivity index (χ0n) is 8.91. The topological polar surface area (TPSA) is 44.7 Å². The number of hydrazine groups is 1. The average Bonchev–Trinajstić information content (AvgIpc) is 2.27. The SMILES string of the molecule is CN1NC(=O)CSC1=Nc1ccc(Cl)c(Cl)c1. The van der Waals surface area contributed by atoms with Gasteiger partial charge >= 0.3 is 0 Å². The second-order valence-corrected chi connectivity index (χ2v) is 5.13. The molecule has 1 fully saturated rings. The molecule has 1 saturated heterocycles. The van der Waals surface area contributed by atoms with Gasteiger partial charge in [0.25, 0.3) is 0 Å². The first-order valence-electron chi connectivity index (χ1n) is 4.76. The molecule has 0 saturated carbocycles. The summed E-state index contributed by atoms with van der Waals surface area (Å²) in [5.74, 6) is 0.329. The normalized spacial score (nSPS) is 18.4. The Morgan fingerprint density at radius 1 is 1.41 bits per heavy atom. The van der Waals surface area contributed by atoms with E-state index in [4.69, 9.17) is 23.2 Å². The van der Waals surface area contributed by atoms with Gasteiger partial charge in [-0.1, -0.05) is 35.0 Å². The summed E-state index contributed by atoms with van der Waals surface area (Å²) in [7, 11) is 1.74. The molecule has 1 aliphatic heterocycles. The van der Waals surface area contributed by atoms with Gasteiger partial charge in [0, 0.05) is 7.05 Å². The number of amides is 1. The third-order valence-electron chi connectivity index (χ3n) is 2.04. The van der Waals surface area contributed by atoms with Crippen molar-refractivity contribution in [3.63, 3.8) is 0 Å². The van der Waals surface area contributed by atoms with Crippen LogP contribution in [0.15, 0.2) is 23.2 Å². The summed E-state index contributed by atoms with van der Waals surface area (Å²) in [6.07, 6.45) is 0. The van der Waals surface area contributed by atoms with Crippen LogP contribution in [-0.2, 0) is 4.79 Å². The molecule has 0 unspecified atom stereocenters. The van der Waals surface area contributed by atoms with Crippen LogP contribution in [0.25, 0.3) is 0 Å². The van der Waals surface area contributed by atoms with E-state index in [9.17, 15) is 4.79 Å². The van der Waals surface area contributed by atoms with Crippen molar-refractivity contribution in [3.05, 3.63) is 28.2 Å². The smallest absolute Gasteiger partial charge is 0.249 e. The fourth-order valence-electron chi connectivity index (χ4n) is 1.27. The van der Waals surface area contributed by atoms with Gasteiger partial charge in [-0.15, -0.1) is 0 Å². The lowest BCUT2D eigenvalue weighted by Crippen LogP contribution is -2.47. The largest absolute Gasteiger partial charge is 0.272 e. The highest BCUT2D eigenvalue weighted by atomic mass is 35.5. The van der Waals surface area contributed by atoms with Crippen molar-refractivity contribution in [2.45, 2.75) is 0 Å². The van der Waals surface area contributed by atoms with Crippen LogP contribution in [0.4, 0.5) is 5.69 Å². The number of nitrogens with one attached hydrogen (secondary N) is 1. The Morgan fingerprint density at radius 3 is 2.82 bits per heavy atom. The number of hydrogen-bond donors (Lipinski definition) is 1. The molecule has 0 atom stereocenters. The van der Waals surface area contributed by atoms with Crippen LogP contribution in [-0.4, -0.2) is 28.9 Å². The monoisotopic (exact) mass is 289 g/mol. The maximum Gasteiger partial charge on any atom is 0.249 e. The number of nitrogens with zero attached hydrogens (tertiary/aromatic N) is 2. The van der Waals surface area contributed by atoms with Crippen LogP contribution in [0.1, 0.15) is 0 Å². The third kappa shape index (κ3) is 3.06. The van der Waals surface area contributed by atoms with Crippen LogP contribution < -0.4 is 5.43 Å². The summed E-state index contributed by atoms with van der Waals surface area (Å²) in [5, 5.41) is 3.25. The Kier molecular flexibility index (Phi) is 3.81. The number of rotatable bonds is 1. The van der Waals surface area contributed by atoms with Crippen molar-refractivity contribution in [1.82, 2.24) is 10.4 Å². The molecule has 1 heterocycles. The summed E-state index contributed by atoms with van der Waals surface area (Å²) in [4.78, 5) is 15.5. The number of amidine groups is 1. The first-order chi connectivity index (χ1) is 8.06. The number of aliphatic imine (C=N–C) groups is 1. The maximum absolute atomic E-state index is 11.1. The number of carbonyl (C=O) groups is 1. The third-order valence-corrected chi connectivity index (χ3v) is 3.81. The molecule has 1 N–H and O–H groups in total. The maximum atomic E-state index is 11.1. The van der Waals surface area contributed by atoms with Crippen molar-refractivity contribution >= 4 is 51.7 Å². The minimum Gasteiger partial charge on any atom is -0.272 e. The van der Waals surface area contributed by atoms with E-state index < -0.39 is 0 Å². The fraction of sp³-hybridized carbons (Fsp3) is 0.200. The van der Waals surface area contributed by atoms with E-state index in [1.165, 1.54) is 11.8 Å². The Balaban J connectivity index is 2.23. The lowest BCUT2D eigenvalue weighted by atomic mass is 10.3. The van der Waals surface area contributed by atoms with Crippen LogP contribution in [0.2, 0.25) is 10.0 Å². The summed E-state index contributed by atoms with van der Waals surface area (Å²) in [6, 6.07) is 5.14. The van der Waals surface area contributed by atoms with Gasteiger partial charge in [0.15, 0.2) is 5.17 Å². The van der Waals surface area contributed by atoms with Crippen molar-refractivity contribution < 1.29 is 4.79 Å². The van der Waals surface area contributed by atoms with Gasteiger partial charge in [-0.05, 0) is 18.2 Å². The number of hydrogen-bond acceptors (Lipinski definition) is 3. The van der Waals surface area contributed by atoms with Gasteiger partial charge in [-0.3, -0.25) is 15.2 Å². The van der Waals surface area contributed by atoms with Crippen molar-refractivity contribution in [1.29, 1.82) is 0 Å². The highest BCUT2D eigenvalue weighted by Gasteiger charge is 2.18. The Labute approximate surface area is 113 Å². The van der Waals surface area contributed by atoms with Crippen LogP contribution in [0.3, 0.4) is 0 Å². The number of halogens is 2. The lowest BCUT2D eigenvalue weighted by Gasteiger charge is -2.25. The van der Waals surface area contributed by atoms with Crippen molar-refractivity contribution in [2.24, 2.45) is 4.99 Å². The molecule has 1 aromatic carbocycles. The van der Waals surface area contributed by atoms with Gasteiger partial charge in [0.1, 0.15) is 0 Å². The molecule has 2 rings (SSSR count). The molecule has 0 bridgehead atoms. The quantitative estimate of drug-likeness (QED) is 0.865. The minimum absolute atomic E-state index is 0.0365. The standard InChI is InChI=1S/C10H9Cl2N3OS/c1-15-10(17-5-9(16)14-15)13-6-2-3-7(11)8(12)4-6/h2-4H,5H2,1H3,(H,14,16). The van der Waals surface area contributed by atoms with E-state index in [0.29, 0.717) is 26.7 Å². The van der Waals surface area contributed by atoms with E-state index in [1.807, 2.05) is 0 Å². The molecule has 1 aromatic rings. The second kappa shape index (κ2) is 5.16. The predicted octanol–water partition coefficient (Wildman–Crippen LogP) is 2.69. The first-order valence-corrected chi connectivity index (χ1v) is 6.50. The molecule has 0 aliphatic carbocycles. The molecule has 90 valence electrons. The van der Waals surface area contributed by atoms with Crippen LogP contribution in [0, 0.1) is 0 Å². The molecule has 0 spiro atoms. The summed E-state index contributed by atoms with van der Waals surface area (Å²) >= 11 is 13.1. The van der Waals surface area contributed by atoms with Crippen molar-refractivity contribution in [3.8, 4) is 0 Å². The Hall–Kier alpha value is -0.910. The van der Waals surface area contributed by atoms with Gasteiger partial charge in [0.2, 0.25) is 5.91 Å². The molecule has 7 heteroatoms. The molecule has 0 radical (unpaired) electrons. The minimum atomic E-state index is -0.0365. The zero-order chi connectivity index (χ0) is 12.4. The number of carbonyl (C=O) groups excluding carboxylic acids is 1. The Morgan fingerprint density at radius 2 is 2.18 bits per heavy atom. The van der Waals surface area contributed by atoms with Crippen molar-refractivity contribution in [2.75, 3.05) is 12.8 Å². The summed E-state index contributed by atoms with van der Waals surface area (Å²) in [6.45, 7) is 0. The van der Waals surface area contributed by atoms with E-state index >= 15 is 0 Å². The molecule has 4 nitrogen and oxygen atoms in total. The predicted molar refractivity (Wildman–Crippen MR) is 71.9 cm³/mol. The molecular formula is C10H9Cl2N3OS. The van der Waals surface area contributed by atoms with Gasteiger partial charge in [-0.25, -0.2) is 4.99 Å². The fourth-order valence-corrected chi connectivity index (χ4v) is 2.29. The average molecular weight is 290 g/mol. The summed E-state index contributed by atoms with van der Waals surface area (Å²) < 4.78 is 0. The highest BCUT2D eigenvalue weighted by molar-refractivity contribution is 8.14. The second-order valence-electron chi connectivity index (χ2n) is 3.38. The molecule has 1 aliphatic rings. The van der Waals surface area contributed by atoms with Gasteiger partial charge < -0.3 is 0 Å². The lowest BCUT2D eigenvalue weighted by molar-refractivity contribution is -0.121. The van der Waals surface area contributed by atoms with Crippen LogP contribution in [0.5, 0.6) is 0 Å².